The van der Waals surface area contributed by atoms with Crippen molar-refractivity contribution in [1.82, 2.24) is 0 Å². The van der Waals surface area contributed by atoms with Crippen molar-refractivity contribution >= 4 is 17.7 Å². The molecular formula is C9H15NO2S. The van der Waals surface area contributed by atoms with Gasteiger partial charge >= 0.3 is 5.97 Å². The third-order valence-corrected chi connectivity index (χ3v) is 2.81. The lowest BCUT2D eigenvalue weighted by Crippen LogP contribution is -2.06. The summed E-state index contributed by atoms with van der Waals surface area (Å²) in [4.78, 5) is 10.3. The van der Waals surface area contributed by atoms with Crippen molar-refractivity contribution in [2.45, 2.75) is 37.9 Å². The van der Waals surface area contributed by atoms with E-state index >= 15 is 0 Å². The number of hydrogen-bond donors (Lipinski definition) is 1. The number of carboxylic acids is 1. The van der Waals surface area contributed by atoms with Crippen LogP contribution in [0.25, 0.3) is 0 Å². The Morgan fingerprint density at radius 1 is 1.62 bits per heavy atom. The molecule has 0 aliphatic heterocycles. The van der Waals surface area contributed by atoms with Crippen LogP contribution in [0.4, 0.5) is 0 Å². The molecule has 1 N–H and O–H groups in total. The predicted octanol–water partition coefficient (Wildman–Crippen LogP) is 2.28. The molecule has 0 aliphatic rings. The second-order valence-electron chi connectivity index (χ2n) is 2.89. The number of carboxylic acid groups (broad SMARTS) is 1. The summed E-state index contributed by atoms with van der Waals surface area (Å²) in [6.45, 7) is 1.92. The first-order valence-electron chi connectivity index (χ1n) is 4.37. The van der Waals surface area contributed by atoms with Crippen LogP contribution >= 0.6 is 11.8 Å². The van der Waals surface area contributed by atoms with E-state index in [0.717, 1.165) is 18.6 Å². The number of hydrogen-bond acceptors (Lipinski definition) is 3. The van der Waals surface area contributed by atoms with E-state index in [9.17, 15) is 4.79 Å². The fraction of sp³-hybridized carbons (Fsp3) is 0.778. The number of unbranched alkanes of at least 4 members (excludes halogenated alkanes) is 2. The van der Waals surface area contributed by atoms with E-state index in [2.05, 4.69) is 6.07 Å². The first-order valence-corrected chi connectivity index (χ1v) is 5.42. The zero-order chi connectivity index (χ0) is 10.1. The topological polar surface area (TPSA) is 61.1 Å². The summed E-state index contributed by atoms with van der Waals surface area (Å²) in [5, 5.41) is 16.9. The molecule has 0 aliphatic carbocycles. The van der Waals surface area contributed by atoms with Gasteiger partial charge < -0.3 is 5.11 Å². The van der Waals surface area contributed by atoms with E-state index in [1.807, 2.05) is 6.92 Å². The van der Waals surface area contributed by atoms with Crippen molar-refractivity contribution in [3.8, 4) is 6.07 Å². The summed E-state index contributed by atoms with van der Waals surface area (Å²) in [6.07, 6.45) is 2.75. The standard InChI is InChI=1S/C9H15NO2S/c1-8(7-9(11)12)13-6-4-2-3-5-10/h8H,2-4,6-7H2,1H3,(H,11,12). The summed E-state index contributed by atoms with van der Waals surface area (Å²) < 4.78 is 0. The van der Waals surface area contributed by atoms with Gasteiger partial charge in [0.05, 0.1) is 12.5 Å². The minimum atomic E-state index is -0.739. The molecule has 0 aromatic carbocycles. The second-order valence-corrected chi connectivity index (χ2v) is 4.44. The molecule has 0 heterocycles. The van der Waals surface area contributed by atoms with E-state index in [1.54, 1.807) is 11.8 Å². The molecule has 0 radical (unpaired) electrons. The summed E-state index contributed by atoms with van der Waals surface area (Å²) in [5.41, 5.74) is 0. The van der Waals surface area contributed by atoms with E-state index in [1.165, 1.54) is 0 Å². The Morgan fingerprint density at radius 2 is 2.31 bits per heavy atom. The second kappa shape index (κ2) is 7.93. The quantitative estimate of drug-likeness (QED) is 0.642. The zero-order valence-corrected chi connectivity index (χ0v) is 8.64. The minimum Gasteiger partial charge on any atom is -0.481 e. The lowest BCUT2D eigenvalue weighted by Gasteiger charge is -2.06. The van der Waals surface area contributed by atoms with Crippen LogP contribution in [0.15, 0.2) is 0 Å². The Hall–Kier alpha value is -0.690. The maximum absolute atomic E-state index is 10.3. The molecule has 0 amide bonds. The highest BCUT2D eigenvalue weighted by Gasteiger charge is 2.06. The molecule has 0 saturated heterocycles. The summed E-state index contributed by atoms with van der Waals surface area (Å²) in [5.74, 6) is 0.216. The molecule has 74 valence electrons. The lowest BCUT2D eigenvalue weighted by atomic mass is 10.3. The molecule has 0 aromatic rings. The number of rotatable bonds is 7. The van der Waals surface area contributed by atoms with Gasteiger partial charge in [-0.25, -0.2) is 0 Å². The fourth-order valence-corrected chi connectivity index (χ4v) is 1.93. The first kappa shape index (κ1) is 12.3. The van der Waals surface area contributed by atoms with Crippen molar-refractivity contribution in [3.63, 3.8) is 0 Å². The highest BCUT2D eigenvalue weighted by molar-refractivity contribution is 7.99. The van der Waals surface area contributed by atoms with Crippen molar-refractivity contribution in [2.24, 2.45) is 0 Å². The molecule has 0 fully saturated rings. The van der Waals surface area contributed by atoms with E-state index in [4.69, 9.17) is 10.4 Å². The molecule has 1 atom stereocenters. The maximum Gasteiger partial charge on any atom is 0.304 e. The summed E-state index contributed by atoms with van der Waals surface area (Å²) in [7, 11) is 0. The Morgan fingerprint density at radius 3 is 2.85 bits per heavy atom. The third-order valence-electron chi connectivity index (χ3n) is 1.55. The van der Waals surface area contributed by atoms with Gasteiger partial charge in [0.1, 0.15) is 0 Å². The third kappa shape index (κ3) is 9.22. The molecule has 0 spiro atoms. The van der Waals surface area contributed by atoms with Crippen molar-refractivity contribution in [1.29, 1.82) is 5.26 Å². The average Bonchev–Trinajstić information content (AvgIpc) is 2.02. The van der Waals surface area contributed by atoms with Crippen molar-refractivity contribution in [2.75, 3.05) is 5.75 Å². The molecule has 13 heavy (non-hydrogen) atoms. The Labute approximate surface area is 83.1 Å². The van der Waals surface area contributed by atoms with Gasteiger partial charge in [0.2, 0.25) is 0 Å². The SMILES string of the molecule is CC(CC(=O)O)SCCCCC#N. The Kier molecular flexibility index (Phi) is 7.51. The number of aliphatic carboxylic acids is 1. The fourth-order valence-electron chi connectivity index (χ4n) is 0.895. The molecule has 0 saturated carbocycles. The maximum atomic E-state index is 10.3. The van der Waals surface area contributed by atoms with Gasteiger partial charge in [0.25, 0.3) is 0 Å². The zero-order valence-electron chi connectivity index (χ0n) is 7.82. The average molecular weight is 201 g/mol. The van der Waals surface area contributed by atoms with Crippen LogP contribution < -0.4 is 0 Å². The number of nitrogens with zero attached hydrogens (tertiary/aromatic N) is 1. The monoisotopic (exact) mass is 201 g/mol. The lowest BCUT2D eigenvalue weighted by molar-refractivity contribution is -0.136. The largest absolute Gasteiger partial charge is 0.481 e. The van der Waals surface area contributed by atoms with Gasteiger partial charge in [-0.15, -0.1) is 0 Å². The first-order chi connectivity index (χ1) is 6.16. The molecular weight excluding hydrogens is 186 g/mol. The van der Waals surface area contributed by atoms with Crippen LogP contribution in [0.1, 0.15) is 32.6 Å². The molecule has 0 bridgehead atoms. The smallest absolute Gasteiger partial charge is 0.304 e. The molecule has 4 heteroatoms. The van der Waals surface area contributed by atoms with Gasteiger partial charge in [-0.05, 0) is 18.6 Å². The van der Waals surface area contributed by atoms with Gasteiger partial charge in [-0.1, -0.05) is 6.92 Å². The number of thioether (sulfide) groups is 1. The predicted molar refractivity (Wildman–Crippen MR) is 53.6 cm³/mol. The van der Waals surface area contributed by atoms with Crippen LogP contribution in [0.3, 0.4) is 0 Å². The van der Waals surface area contributed by atoms with E-state index in [0.29, 0.717) is 6.42 Å². The Balaban J connectivity index is 3.22. The number of nitriles is 1. The van der Waals surface area contributed by atoms with E-state index < -0.39 is 5.97 Å². The highest BCUT2D eigenvalue weighted by Crippen LogP contribution is 2.15. The minimum absolute atomic E-state index is 0.180. The Bertz CT molecular complexity index is 189. The van der Waals surface area contributed by atoms with Crippen LogP contribution in [-0.4, -0.2) is 22.1 Å². The van der Waals surface area contributed by atoms with Crippen molar-refractivity contribution in [3.05, 3.63) is 0 Å². The van der Waals surface area contributed by atoms with Crippen molar-refractivity contribution < 1.29 is 9.90 Å². The van der Waals surface area contributed by atoms with Crippen LogP contribution in [0.5, 0.6) is 0 Å². The molecule has 1 unspecified atom stereocenters. The molecule has 0 aromatic heterocycles. The van der Waals surface area contributed by atoms with E-state index in [-0.39, 0.29) is 11.7 Å². The highest BCUT2D eigenvalue weighted by atomic mass is 32.2. The number of carbonyl (C=O) groups is 1. The normalized spacial score (nSPS) is 12.0. The van der Waals surface area contributed by atoms with Gasteiger partial charge in [-0.3, -0.25) is 4.79 Å². The van der Waals surface area contributed by atoms with Gasteiger partial charge in [0, 0.05) is 11.7 Å². The van der Waals surface area contributed by atoms with Crippen LogP contribution in [0, 0.1) is 11.3 Å². The van der Waals surface area contributed by atoms with Crippen LogP contribution in [0.2, 0.25) is 0 Å². The van der Waals surface area contributed by atoms with Gasteiger partial charge in [0.15, 0.2) is 0 Å². The summed E-state index contributed by atoms with van der Waals surface area (Å²) >= 11 is 1.66. The van der Waals surface area contributed by atoms with Crippen LogP contribution in [-0.2, 0) is 4.79 Å². The van der Waals surface area contributed by atoms with Gasteiger partial charge in [-0.2, -0.15) is 17.0 Å². The molecule has 0 rings (SSSR count). The summed E-state index contributed by atoms with van der Waals surface area (Å²) in [6, 6.07) is 2.08. The molecule has 3 nitrogen and oxygen atoms in total.